The van der Waals surface area contributed by atoms with Crippen LogP contribution in [0.4, 0.5) is 0 Å². The van der Waals surface area contributed by atoms with Crippen LogP contribution in [0.5, 0.6) is 0 Å². The van der Waals surface area contributed by atoms with Gasteiger partial charge in [0.1, 0.15) is 0 Å². The smallest absolute Gasteiger partial charge is 0.0591 e. The van der Waals surface area contributed by atoms with Crippen LogP contribution in [0.2, 0.25) is 0 Å². The van der Waals surface area contributed by atoms with Crippen molar-refractivity contribution in [2.24, 2.45) is 23.2 Å². The van der Waals surface area contributed by atoms with Gasteiger partial charge in [-0.05, 0) is 74.6 Å². The van der Waals surface area contributed by atoms with Gasteiger partial charge in [0.2, 0.25) is 0 Å². The molecule has 1 aliphatic carbocycles. The van der Waals surface area contributed by atoms with Gasteiger partial charge in [0, 0.05) is 0 Å². The van der Waals surface area contributed by atoms with Crippen LogP contribution in [0.3, 0.4) is 0 Å². The zero-order valence-corrected chi connectivity index (χ0v) is 17.2. The Balaban J connectivity index is 2.75. The molecule has 2 heteroatoms. The molecule has 22 heavy (non-hydrogen) atoms. The Labute approximate surface area is 147 Å². The molecule has 130 valence electrons. The van der Waals surface area contributed by atoms with E-state index in [2.05, 4.69) is 48.6 Å². The second-order valence-corrected chi connectivity index (χ2v) is 8.99. The lowest BCUT2D eigenvalue weighted by atomic mass is 9.64. The number of allylic oxidation sites excluding steroid dienone is 1. The van der Waals surface area contributed by atoms with Crippen molar-refractivity contribution in [1.82, 2.24) is 0 Å². The SMILES string of the molecule is CCCC1(C)C(/C(C)=C/Br)CCC1[C@H](C)CCCC(C)(C)O. The Bertz CT molecular complexity index is 368. The Hall–Kier alpha value is 0.180. The van der Waals surface area contributed by atoms with Crippen LogP contribution in [-0.2, 0) is 0 Å². The standard InChI is InChI=1S/C20H37BrO/c1-7-12-20(6)17(10-11-18(20)16(3)14-21)15(2)9-8-13-19(4,5)22/h14-15,17-18,22H,7-13H2,1-6H3/b16-14+/t15-,17?,18?,20?/m1/s1. The summed E-state index contributed by atoms with van der Waals surface area (Å²) in [5.74, 6) is 2.31. The van der Waals surface area contributed by atoms with Crippen LogP contribution in [0.1, 0.15) is 86.5 Å². The van der Waals surface area contributed by atoms with E-state index in [0.29, 0.717) is 5.41 Å². The highest BCUT2D eigenvalue weighted by atomic mass is 79.9. The molecule has 0 aromatic rings. The van der Waals surface area contributed by atoms with E-state index in [1.807, 2.05) is 13.8 Å². The van der Waals surface area contributed by atoms with E-state index in [1.165, 1.54) is 37.7 Å². The van der Waals surface area contributed by atoms with Crippen LogP contribution >= 0.6 is 15.9 Å². The van der Waals surface area contributed by atoms with Gasteiger partial charge in [0.25, 0.3) is 0 Å². The molecule has 0 bridgehead atoms. The van der Waals surface area contributed by atoms with Gasteiger partial charge in [-0.3, -0.25) is 0 Å². The maximum atomic E-state index is 9.92. The summed E-state index contributed by atoms with van der Waals surface area (Å²) in [6.45, 7) is 13.4. The Morgan fingerprint density at radius 3 is 2.55 bits per heavy atom. The third-order valence-corrected chi connectivity index (χ3v) is 6.78. The van der Waals surface area contributed by atoms with Gasteiger partial charge >= 0.3 is 0 Å². The molecule has 1 rings (SSSR count). The average Bonchev–Trinajstić information content (AvgIpc) is 2.74. The summed E-state index contributed by atoms with van der Waals surface area (Å²) in [6.07, 6.45) is 8.61. The van der Waals surface area contributed by atoms with Crippen molar-refractivity contribution in [3.05, 3.63) is 10.6 Å². The van der Waals surface area contributed by atoms with Crippen molar-refractivity contribution >= 4 is 15.9 Å². The number of aliphatic hydroxyl groups is 1. The maximum Gasteiger partial charge on any atom is 0.0591 e. The molecular weight excluding hydrogens is 336 g/mol. The van der Waals surface area contributed by atoms with E-state index in [-0.39, 0.29) is 0 Å². The molecule has 0 heterocycles. The van der Waals surface area contributed by atoms with E-state index in [4.69, 9.17) is 0 Å². The van der Waals surface area contributed by atoms with E-state index in [0.717, 1.165) is 30.6 Å². The molecular formula is C20H37BrO. The Kier molecular flexibility index (Phi) is 7.66. The number of hydrogen-bond acceptors (Lipinski definition) is 1. The molecule has 0 amide bonds. The number of halogens is 1. The largest absolute Gasteiger partial charge is 0.390 e. The van der Waals surface area contributed by atoms with Gasteiger partial charge in [-0.15, -0.1) is 0 Å². The fourth-order valence-corrected chi connectivity index (χ4v) is 5.30. The summed E-state index contributed by atoms with van der Waals surface area (Å²) in [5, 5.41) is 9.92. The quantitative estimate of drug-likeness (QED) is 0.502. The van der Waals surface area contributed by atoms with Crippen molar-refractivity contribution in [3.63, 3.8) is 0 Å². The molecule has 0 aliphatic heterocycles. The van der Waals surface area contributed by atoms with E-state index in [1.54, 1.807) is 0 Å². The molecule has 1 N–H and O–H groups in total. The molecule has 0 spiro atoms. The van der Waals surface area contributed by atoms with Crippen molar-refractivity contribution < 1.29 is 5.11 Å². The van der Waals surface area contributed by atoms with E-state index in [9.17, 15) is 5.11 Å². The summed E-state index contributed by atoms with van der Waals surface area (Å²) in [4.78, 5) is 2.15. The first-order chi connectivity index (χ1) is 10.2. The van der Waals surface area contributed by atoms with E-state index < -0.39 is 5.60 Å². The number of hydrogen-bond donors (Lipinski definition) is 1. The first-order valence-electron chi connectivity index (χ1n) is 9.15. The molecule has 3 unspecified atom stereocenters. The summed E-state index contributed by atoms with van der Waals surface area (Å²) in [7, 11) is 0. The van der Waals surface area contributed by atoms with Gasteiger partial charge < -0.3 is 5.11 Å². The van der Waals surface area contributed by atoms with Crippen molar-refractivity contribution in [2.45, 2.75) is 92.1 Å². The minimum absolute atomic E-state index is 0.442. The molecule has 4 atom stereocenters. The topological polar surface area (TPSA) is 20.2 Å². The zero-order valence-electron chi connectivity index (χ0n) is 15.6. The normalized spacial score (nSPS) is 31.5. The third-order valence-electron chi connectivity index (χ3n) is 6.05. The zero-order chi connectivity index (χ0) is 17.0. The molecule has 1 saturated carbocycles. The highest BCUT2D eigenvalue weighted by Gasteiger charge is 2.47. The summed E-state index contributed by atoms with van der Waals surface area (Å²) in [6, 6.07) is 0. The molecule has 1 fully saturated rings. The summed E-state index contributed by atoms with van der Waals surface area (Å²) < 4.78 is 0. The van der Waals surface area contributed by atoms with Gasteiger partial charge in [0.05, 0.1) is 5.60 Å². The van der Waals surface area contributed by atoms with Gasteiger partial charge in [-0.25, -0.2) is 0 Å². The first kappa shape index (κ1) is 20.2. The molecule has 1 aliphatic rings. The molecule has 0 aromatic heterocycles. The van der Waals surface area contributed by atoms with Crippen LogP contribution in [0.25, 0.3) is 0 Å². The van der Waals surface area contributed by atoms with Crippen LogP contribution in [0, 0.1) is 23.2 Å². The first-order valence-corrected chi connectivity index (χ1v) is 10.1. The second kappa shape index (κ2) is 8.33. The van der Waals surface area contributed by atoms with Crippen molar-refractivity contribution in [2.75, 3.05) is 0 Å². The Morgan fingerprint density at radius 2 is 2.05 bits per heavy atom. The molecule has 0 aromatic carbocycles. The second-order valence-electron chi connectivity index (χ2n) is 8.53. The summed E-state index contributed by atoms with van der Waals surface area (Å²) >= 11 is 3.56. The minimum Gasteiger partial charge on any atom is -0.390 e. The van der Waals surface area contributed by atoms with Gasteiger partial charge in [0.15, 0.2) is 0 Å². The van der Waals surface area contributed by atoms with Gasteiger partial charge in [-0.1, -0.05) is 61.5 Å². The Morgan fingerprint density at radius 1 is 1.41 bits per heavy atom. The number of rotatable bonds is 8. The predicted octanol–water partition coefficient (Wildman–Crippen LogP) is 6.70. The molecule has 0 radical (unpaired) electrons. The van der Waals surface area contributed by atoms with Crippen LogP contribution in [0.15, 0.2) is 10.6 Å². The van der Waals surface area contributed by atoms with Crippen molar-refractivity contribution in [1.29, 1.82) is 0 Å². The van der Waals surface area contributed by atoms with E-state index >= 15 is 0 Å². The maximum absolute atomic E-state index is 9.92. The lowest BCUT2D eigenvalue weighted by Gasteiger charge is -2.40. The fourth-order valence-electron chi connectivity index (χ4n) is 4.98. The lowest BCUT2D eigenvalue weighted by molar-refractivity contribution is 0.0616. The average molecular weight is 373 g/mol. The summed E-state index contributed by atoms with van der Waals surface area (Å²) in [5.41, 5.74) is 1.44. The lowest BCUT2D eigenvalue weighted by Crippen LogP contribution is -2.33. The predicted molar refractivity (Wildman–Crippen MR) is 101 cm³/mol. The van der Waals surface area contributed by atoms with Crippen LogP contribution in [-0.4, -0.2) is 10.7 Å². The minimum atomic E-state index is -0.514. The fraction of sp³-hybridized carbons (Fsp3) is 0.900. The highest BCUT2D eigenvalue weighted by molar-refractivity contribution is 9.11. The van der Waals surface area contributed by atoms with Gasteiger partial charge in [-0.2, -0.15) is 0 Å². The van der Waals surface area contributed by atoms with Crippen molar-refractivity contribution in [3.8, 4) is 0 Å². The molecule has 0 saturated heterocycles. The molecule has 1 nitrogen and oxygen atoms in total. The van der Waals surface area contributed by atoms with Crippen LogP contribution < -0.4 is 0 Å². The highest BCUT2D eigenvalue weighted by Crippen LogP contribution is 2.56. The monoisotopic (exact) mass is 372 g/mol. The third kappa shape index (κ3) is 5.09.